The molecule has 0 amide bonds. The molecule has 0 radical (unpaired) electrons. The van der Waals surface area contributed by atoms with E-state index >= 15 is 0 Å². The number of rotatable bonds is 5. The Hall–Kier alpha value is -2.17. The summed E-state index contributed by atoms with van der Waals surface area (Å²) in [6.07, 6.45) is 4.21. The molecule has 88 valence electrons. The van der Waals surface area contributed by atoms with Gasteiger partial charge in [-0.3, -0.25) is 4.79 Å². The Morgan fingerprint density at radius 1 is 1.35 bits per heavy atom. The van der Waals surface area contributed by atoms with Crippen LogP contribution in [0, 0.1) is 0 Å². The predicted octanol–water partition coefficient (Wildman–Crippen LogP) is 1.86. The van der Waals surface area contributed by atoms with Crippen molar-refractivity contribution in [3.05, 3.63) is 30.6 Å². The number of aromatic amines is 1. The van der Waals surface area contributed by atoms with Crippen LogP contribution in [0.3, 0.4) is 0 Å². The number of hydrogen-bond acceptors (Lipinski definition) is 4. The van der Waals surface area contributed by atoms with Gasteiger partial charge in [0.15, 0.2) is 0 Å². The Labute approximate surface area is 99.3 Å². The molecule has 0 saturated carbocycles. The summed E-state index contributed by atoms with van der Waals surface area (Å²) in [7, 11) is 0. The Morgan fingerprint density at radius 2 is 2.24 bits per heavy atom. The van der Waals surface area contributed by atoms with Gasteiger partial charge in [0.25, 0.3) is 0 Å². The van der Waals surface area contributed by atoms with Crippen LogP contribution >= 0.6 is 0 Å². The number of anilines is 1. The highest BCUT2D eigenvalue weighted by atomic mass is 16.1. The molecular formula is C12H14N4O. The maximum Gasteiger partial charge on any atom is 0.148 e. The molecule has 5 heteroatoms. The highest BCUT2D eigenvalue weighted by molar-refractivity contribution is 5.75. The maximum absolute atomic E-state index is 10.8. The molecule has 0 fully saturated rings. The molecule has 2 aromatic heterocycles. The molecule has 0 aromatic carbocycles. The van der Waals surface area contributed by atoms with Gasteiger partial charge in [-0.15, -0.1) is 10.2 Å². The molecular weight excluding hydrogens is 216 g/mol. The number of ketones is 1. The second-order valence-electron chi connectivity index (χ2n) is 3.78. The largest absolute Gasteiger partial charge is 0.368 e. The van der Waals surface area contributed by atoms with E-state index in [1.54, 1.807) is 6.92 Å². The van der Waals surface area contributed by atoms with Crippen LogP contribution in [0.5, 0.6) is 0 Å². The smallest absolute Gasteiger partial charge is 0.148 e. The van der Waals surface area contributed by atoms with E-state index in [0.29, 0.717) is 18.8 Å². The van der Waals surface area contributed by atoms with Crippen LogP contribution in [0.25, 0.3) is 11.3 Å². The van der Waals surface area contributed by atoms with Gasteiger partial charge >= 0.3 is 0 Å². The fourth-order valence-electron chi connectivity index (χ4n) is 1.43. The number of carbonyl (C=O) groups excluding carboxylic acids is 1. The van der Waals surface area contributed by atoms with Crippen molar-refractivity contribution in [2.45, 2.75) is 13.3 Å². The van der Waals surface area contributed by atoms with Gasteiger partial charge in [-0.25, -0.2) is 0 Å². The van der Waals surface area contributed by atoms with E-state index in [-0.39, 0.29) is 5.78 Å². The SMILES string of the molecule is CC(=O)CCNc1ccc(-c2cc[nH]c2)nn1. The summed E-state index contributed by atoms with van der Waals surface area (Å²) >= 11 is 0. The molecule has 0 unspecified atom stereocenters. The normalized spacial score (nSPS) is 10.2. The Morgan fingerprint density at radius 3 is 2.82 bits per heavy atom. The van der Waals surface area contributed by atoms with Crippen LogP contribution in [0.2, 0.25) is 0 Å². The monoisotopic (exact) mass is 230 g/mol. The Kier molecular flexibility index (Phi) is 3.49. The first kappa shape index (κ1) is 11.3. The lowest BCUT2D eigenvalue weighted by Crippen LogP contribution is -2.07. The summed E-state index contributed by atoms with van der Waals surface area (Å²) in [5.41, 5.74) is 1.83. The van der Waals surface area contributed by atoms with Gasteiger partial charge in [-0.05, 0) is 25.1 Å². The van der Waals surface area contributed by atoms with E-state index in [1.807, 2.05) is 30.6 Å². The lowest BCUT2D eigenvalue weighted by molar-refractivity contribution is -0.116. The quantitative estimate of drug-likeness (QED) is 0.822. The zero-order valence-corrected chi connectivity index (χ0v) is 9.60. The van der Waals surface area contributed by atoms with E-state index in [2.05, 4.69) is 20.5 Å². The van der Waals surface area contributed by atoms with E-state index in [9.17, 15) is 4.79 Å². The van der Waals surface area contributed by atoms with Crippen molar-refractivity contribution in [1.82, 2.24) is 15.2 Å². The molecule has 0 spiro atoms. The Bertz CT molecular complexity index is 476. The average molecular weight is 230 g/mol. The van der Waals surface area contributed by atoms with Crippen molar-refractivity contribution in [2.75, 3.05) is 11.9 Å². The number of aromatic nitrogens is 3. The molecule has 5 nitrogen and oxygen atoms in total. The summed E-state index contributed by atoms with van der Waals surface area (Å²) in [4.78, 5) is 13.7. The third-order valence-electron chi connectivity index (χ3n) is 2.34. The van der Waals surface area contributed by atoms with Crippen LogP contribution in [0.15, 0.2) is 30.6 Å². The number of nitrogens with one attached hydrogen (secondary N) is 2. The summed E-state index contributed by atoms with van der Waals surface area (Å²) in [6, 6.07) is 5.69. The number of hydrogen-bond donors (Lipinski definition) is 2. The topological polar surface area (TPSA) is 70.7 Å². The minimum absolute atomic E-state index is 0.161. The minimum Gasteiger partial charge on any atom is -0.368 e. The molecule has 0 bridgehead atoms. The van der Waals surface area contributed by atoms with Gasteiger partial charge in [-0.1, -0.05) is 0 Å². The molecule has 0 saturated heterocycles. The predicted molar refractivity (Wildman–Crippen MR) is 65.6 cm³/mol. The van der Waals surface area contributed by atoms with E-state index in [4.69, 9.17) is 0 Å². The zero-order valence-electron chi connectivity index (χ0n) is 9.60. The third kappa shape index (κ3) is 3.14. The molecule has 0 aliphatic carbocycles. The third-order valence-corrected chi connectivity index (χ3v) is 2.34. The van der Waals surface area contributed by atoms with Crippen LogP contribution in [0.1, 0.15) is 13.3 Å². The summed E-state index contributed by atoms with van der Waals surface area (Å²) in [6.45, 7) is 2.16. The first-order valence-electron chi connectivity index (χ1n) is 5.46. The van der Waals surface area contributed by atoms with Crippen molar-refractivity contribution in [2.24, 2.45) is 0 Å². The van der Waals surface area contributed by atoms with Gasteiger partial charge < -0.3 is 10.3 Å². The van der Waals surface area contributed by atoms with Crippen LogP contribution in [-0.4, -0.2) is 27.5 Å². The van der Waals surface area contributed by atoms with Crippen LogP contribution < -0.4 is 5.32 Å². The highest BCUT2D eigenvalue weighted by Crippen LogP contribution is 2.15. The second-order valence-corrected chi connectivity index (χ2v) is 3.78. The van der Waals surface area contributed by atoms with Crippen molar-refractivity contribution >= 4 is 11.6 Å². The standard InChI is InChI=1S/C12H14N4O/c1-9(17)4-7-14-12-3-2-11(15-16-12)10-5-6-13-8-10/h2-3,5-6,8,13H,4,7H2,1H3,(H,14,16). The number of H-pyrrole nitrogens is 1. The molecule has 2 rings (SSSR count). The van der Waals surface area contributed by atoms with Gasteiger partial charge in [0.05, 0.1) is 5.69 Å². The van der Waals surface area contributed by atoms with Gasteiger partial charge in [-0.2, -0.15) is 0 Å². The first-order chi connectivity index (χ1) is 8.25. The molecule has 2 aromatic rings. The fraction of sp³-hybridized carbons (Fsp3) is 0.250. The summed E-state index contributed by atoms with van der Waals surface area (Å²) < 4.78 is 0. The molecule has 17 heavy (non-hydrogen) atoms. The lowest BCUT2D eigenvalue weighted by Gasteiger charge is -2.03. The van der Waals surface area contributed by atoms with Gasteiger partial charge in [0.1, 0.15) is 11.6 Å². The van der Waals surface area contributed by atoms with Gasteiger partial charge in [0, 0.05) is 30.9 Å². The van der Waals surface area contributed by atoms with E-state index in [0.717, 1.165) is 11.3 Å². The summed E-state index contributed by atoms with van der Waals surface area (Å²) in [5.74, 6) is 0.847. The van der Waals surface area contributed by atoms with Crippen molar-refractivity contribution < 1.29 is 4.79 Å². The summed E-state index contributed by atoms with van der Waals surface area (Å²) in [5, 5.41) is 11.2. The van der Waals surface area contributed by atoms with Crippen LogP contribution in [0.4, 0.5) is 5.82 Å². The highest BCUT2D eigenvalue weighted by Gasteiger charge is 2.01. The van der Waals surface area contributed by atoms with Gasteiger partial charge in [0.2, 0.25) is 0 Å². The van der Waals surface area contributed by atoms with E-state index < -0.39 is 0 Å². The first-order valence-corrected chi connectivity index (χ1v) is 5.46. The van der Waals surface area contributed by atoms with Crippen molar-refractivity contribution in [3.63, 3.8) is 0 Å². The number of Topliss-reactive ketones (excluding diaryl/α,β-unsaturated/α-hetero) is 1. The van der Waals surface area contributed by atoms with Crippen molar-refractivity contribution in [3.8, 4) is 11.3 Å². The fourth-order valence-corrected chi connectivity index (χ4v) is 1.43. The molecule has 2 heterocycles. The zero-order chi connectivity index (χ0) is 12.1. The second kappa shape index (κ2) is 5.25. The molecule has 0 aliphatic heterocycles. The number of nitrogens with zero attached hydrogens (tertiary/aromatic N) is 2. The maximum atomic E-state index is 10.8. The molecule has 0 aliphatic rings. The molecule has 2 N–H and O–H groups in total. The van der Waals surface area contributed by atoms with Crippen molar-refractivity contribution in [1.29, 1.82) is 0 Å². The van der Waals surface area contributed by atoms with E-state index in [1.165, 1.54) is 0 Å². The Balaban J connectivity index is 1.96. The lowest BCUT2D eigenvalue weighted by atomic mass is 10.2. The molecule has 0 atom stereocenters. The van der Waals surface area contributed by atoms with Crippen LogP contribution in [-0.2, 0) is 4.79 Å². The minimum atomic E-state index is 0.161. The average Bonchev–Trinajstić information content (AvgIpc) is 2.83. The number of carbonyl (C=O) groups is 1.